The number of rotatable bonds is 8. The van der Waals surface area contributed by atoms with E-state index in [4.69, 9.17) is 12.2 Å². The van der Waals surface area contributed by atoms with Crippen molar-refractivity contribution in [3.05, 3.63) is 83.9 Å². The van der Waals surface area contributed by atoms with E-state index < -0.39 is 0 Å². The molecule has 0 aliphatic rings. The van der Waals surface area contributed by atoms with Crippen molar-refractivity contribution in [1.82, 2.24) is 14.5 Å². The Balaban J connectivity index is 1.65. The van der Waals surface area contributed by atoms with Crippen LogP contribution in [0.25, 0.3) is 0 Å². The van der Waals surface area contributed by atoms with Crippen LogP contribution in [0.4, 0.5) is 5.69 Å². The van der Waals surface area contributed by atoms with Crippen LogP contribution in [0.3, 0.4) is 0 Å². The normalized spacial score (nSPS) is 10.6. The zero-order valence-corrected chi connectivity index (χ0v) is 17.5. The number of anilines is 1. The molecular formula is C23H28N4S. The van der Waals surface area contributed by atoms with E-state index in [1.54, 1.807) is 0 Å². The molecule has 28 heavy (non-hydrogen) atoms. The number of thiocarbonyl (C=S) groups is 1. The van der Waals surface area contributed by atoms with Crippen LogP contribution in [0.2, 0.25) is 0 Å². The topological polar surface area (TPSA) is 33.1 Å². The fourth-order valence-electron chi connectivity index (χ4n) is 3.06. The molecule has 3 aromatic rings. The molecule has 3 rings (SSSR count). The van der Waals surface area contributed by atoms with Gasteiger partial charge >= 0.3 is 0 Å². The molecule has 0 fully saturated rings. The number of aromatic nitrogens is 2. The highest BCUT2D eigenvalue weighted by Gasteiger charge is 2.11. The summed E-state index contributed by atoms with van der Waals surface area (Å²) in [5.74, 6) is 0. The van der Waals surface area contributed by atoms with Crippen LogP contribution < -0.4 is 5.32 Å². The maximum atomic E-state index is 5.75. The van der Waals surface area contributed by atoms with Crippen molar-refractivity contribution in [2.45, 2.75) is 39.8 Å². The van der Waals surface area contributed by atoms with Gasteiger partial charge in [0.2, 0.25) is 0 Å². The second-order valence-corrected chi connectivity index (χ2v) is 7.43. The van der Waals surface area contributed by atoms with Gasteiger partial charge in [0.05, 0.1) is 6.33 Å². The van der Waals surface area contributed by atoms with Crippen molar-refractivity contribution in [1.29, 1.82) is 0 Å². The van der Waals surface area contributed by atoms with Gasteiger partial charge in [0.25, 0.3) is 0 Å². The molecule has 0 spiro atoms. The van der Waals surface area contributed by atoms with Gasteiger partial charge < -0.3 is 14.8 Å². The van der Waals surface area contributed by atoms with Gasteiger partial charge in [-0.2, -0.15) is 0 Å². The van der Waals surface area contributed by atoms with Crippen molar-refractivity contribution in [3.63, 3.8) is 0 Å². The van der Waals surface area contributed by atoms with Crippen LogP contribution in [0.15, 0.2) is 67.3 Å². The number of aryl methyl sites for hydroxylation is 3. The van der Waals surface area contributed by atoms with Gasteiger partial charge in [-0.1, -0.05) is 48.9 Å². The Morgan fingerprint density at radius 1 is 1.07 bits per heavy atom. The maximum Gasteiger partial charge on any atom is 0.173 e. The molecule has 1 N–H and O–H groups in total. The predicted molar refractivity (Wildman–Crippen MR) is 120 cm³/mol. The first-order chi connectivity index (χ1) is 13.6. The monoisotopic (exact) mass is 392 g/mol. The standard InChI is InChI=1S/C23H28N4S/c1-3-20-9-11-22(12-10-20)25-23(28)27(15-4-14-26-16-13-24-18-26)17-21-7-5-19(2)6-8-21/h5-13,16,18H,3-4,14-15,17H2,1-2H3,(H,25,28). The lowest BCUT2D eigenvalue weighted by Crippen LogP contribution is -2.35. The van der Waals surface area contributed by atoms with Crippen LogP contribution in [0.1, 0.15) is 30.0 Å². The van der Waals surface area contributed by atoms with E-state index in [9.17, 15) is 0 Å². The van der Waals surface area contributed by atoms with Gasteiger partial charge in [0.1, 0.15) is 0 Å². The first-order valence-corrected chi connectivity index (χ1v) is 10.2. The summed E-state index contributed by atoms with van der Waals surface area (Å²) >= 11 is 5.75. The molecule has 146 valence electrons. The summed E-state index contributed by atoms with van der Waals surface area (Å²) in [7, 11) is 0. The third kappa shape index (κ3) is 5.92. The van der Waals surface area contributed by atoms with E-state index in [2.05, 4.69) is 82.1 Å². The number of benzene rings is 2. The second kappa shape index (κ2) is 10.0. The average Bonchev–Trinajstić information content (AvgIpc) is 3.23. The summed E-state index contributed by atoms with van der Waals surface area (Å²) in [6, 6.07) is 17.1. The molecule has 0 aliphatic carbocycles. The van der Waals surface area contributed by atoms with E-state index in [0.717, 1.165) is 43.3 Å². The maximum absolute atomic E-state index is 5.75. The Hall–Kier alpha value is -2.66. The highest BCUT2D eigenvalue weighted by atomic mass is 32.1. The van der Waals surface area contributed by atoms with Crippen molar-refractivity contribution in [2.75, 3.05) is 11.9 Å². The SMILES string of the molecule is CCc1ccc(NC(=S)N(CCCn2ccnc2)Cc2ccc(C)cc2)cc1. The Morgan fingerprint density at radius 3 is 2.43 bits per heavy atom. The molecule has 0 saturated carbocycles. The van der Waals surface area contributed by atoms with E-state index in [1.807, 2.05) is 18.7 Å². The van der Waals surface area contributed by atoms with Gasteiger partial charge in [0, 0.05) is 37.7 Å². The molecule has 0 atom stereocenters. The molecule has 0 amide bonds. The highest BCUT2D eigenvalue weighted by Crippen LogP contribution is 2.14. The summed E-state index contributed by atoms with van der Waals surface area (Å²) in [6.45, 7) is 6.88. The Morgan fingerprint density at radius 2 is 1.79 bits per heavy atom. The zero-order valence-electron chi connectivity index (χ0n) is 16.6. The van der Waals surface area contributed by atoms with Crippen LogP contribution in [0, 0.1) is 6.92 Å². The van der Waals surface area contributed by atoms with Crippen LogP contribution in [-0.4, -0.2) is 26.1 Å². The predicted octanol–water partition coefficient (Wildman–Crippen LogP) is 5.04. The Labute approximate surface area is 173 Å². The van der Waals surface area contributed by atoms with Crippen molar-refractivity contribution < 1.29 is 0 Å². The van der Waals surface area contributed by atoms with Gasteiger partial charge in [-0.05, 0) is 55.2 Å². The summed E-state index contributed by atoms with van der Waals surface area (Å²) < 4.78 is 2.10. The lowest BCUT2D eigenvalue weighted by Gasteiger charge is -2.26. The molecule has 0 saturated heterocycles. The number of imidazole rings is 1. The number of hydrogen-bond acceptors (Lipinski definition) is 2. The minimum absolute atomic E-state index is 0.760. The molecule has 4 nitrogen and oxygen atoms in total. The lowest BCUT2D eigenvalue weighted by molar-refractivity contribution is 0.396. The average molecular weight is 393 g/mol. The van der Waals surface area contributed by atoms with Crippen molar-refractivity contribution in [3.8, 4) is 0 Å². The van der Waals surface area contributed by atoms with Crippen LogP contribution in [-0.2, 0) is 19.5 Å². The molecule has 0 bridgehead atoms. The highest BCUT2D eigenvalue weighted by molar-refractivity contribution is 7.80. The summed E-state index contributed by atoms with van der Waals surface area (Å²) in [5.41, 5.74) is 4.89. The molecule has 5 heteroatoms. The fraction of sp³-hybridized carbons (Fsp3) is 0.304. The Bertz CT molecular complexity index is 855. The number of hydrogen-bond donors (Lipinski definition) is 1. The molecule has 0 radical (unpaired) electrons. The molecule has 1 heterocycles. The van der Waals surface area contributed by atoms with Gasteiger partial charge in [-0.3, -0.25) is 0 Å². The van der Waals surface area contributed by atoms with E-state index in [1.165, 1.54) is 16.7 Å². The Kier molecular flexibility index (Phi) is 7.20. The van der Waals surface area contributed by atoms with Gasteiger partial charge in [-0.25, -0.2) is 4.98 Å². The summed E-state index contributed by atoms with van der Waals surface area (Å²) in [4.78, 5) is 6.35. The largest absolute Gasteiger partial charge is 0.345 e. The minimum Gasteiger partial charge on any atom is -0.345 e. The number of nitrogens with one attached hydrogen (secondary N) is 1. The third-order valence-corrected chi connectivity index (χ3v) is 5.16. The smallest absolute Gasteiger partial charge is 0.173 e. The van der Waals surface area contributed by atoms with E-state index >= 15 is 0 Å². The lowest BCUT2D eigenvalue weighted by atomic mass is 10.1. The minimum atomic E-state index is 0.760. The molecule has 0 aliphatic heterocycles. The summed E-state index contributed by atoms with van der Waals surface area (Å²) in [6.07, 6.45) is 7.71. The quantitative estimate of drug-likeness (QED) is 0.544. The molecule has 0 unspecified atom stereocenters. The first-order valence-electron chi connectivity index (χ1n) is 9.80. The van der Waals surface area contributed by atoms with Gasteiger partial charge in [0.15, 0.2) is 5.11 Å². The third-order valence-electron chi connectivity index (χ3n) is 4.80. The van der Waals surface area contributed by atoms with Crippen LogP contribution in [0.5, 0.6) is 0 Å². The second-order valence-electron chi connectivity index (χ2n) is 7.04. The zero-order chi connectivity index (χ0) is 19.8. The van der Waals surface area contributed by atoms with Gasteiger partial charge in [-0.15, -0.1) is 0 Å². The number of nitrogens with zero attached hydrogens (tertiary/aromatic N) is 3. The fourth-order valence-corrected chi connectivity index (χ4v) is 3.33. The summed E-state index contributed by atoms with van der Waals surface area (Å²) in [5, 5.41) is 4.17. The van der Waals surface area contributed by atoms with E-state index in [0.29, 0.717) is 0 Å². The van der Waals surface area contributed by atoms with Crippen molar-refractivity contribution in [2.24, 2.45) is 0 Å². The molecular weight excluding hydrogens is 364 g/mol. The van der Waals surface area contributed by atoms with Crippen LogP contribution >= 0.6 is 12.2 Å². The molecule has 2 aromatic carbocycles. The van der Waals surface area contributed by atoms with Crippen molar-refractivity contribution >= 4 is 23.0 Å². The molecule has 1 aromatic heterocycles. The van der Waals surface area contributed by atoms with E-state index in [-0.39, 0.29) is 0 Å². The first kappa shape index (κ1) is 20.1.